The fraction of sp³-hybridized carbons (Fsp3) is 1.00. The summed E-state index contributed by atoms with van der Waals surface area (Å²) < 4.78 is 34.2. The molecule has 0 saturated heterocycles. The van der Waals surface area contributed by atoms with E-state index in [1.807, 2.05) is 0 Å². The third-order valence-electron chi connectivity index (χ3n) is 0.843. The first-order valence-electron chi connectivity index (χ1n) is 2.52. The van der Waals surface area contributed by atoms with E-state index >= 15 is 0 Å². The number of halogens is 3. The van der Waals surface area contributed by atoms with Gasteiger partial charge >= 0.3 is 6.18 Å². The van der Waals surface area contributed by atoms with Crippen LogP contribution in [0.5, 0.6) is 0 Å². The fourth-order valence-electron chi connectivity index (χ4n) is 0.362. The molecule has 0 aliphatic carbocycles. The smallest absolute Gasteiger partial charge is 0.384 e. The monoisotopic (exact) mass is 159 g/mol. The quantitative estimate of drug-likeness (QED) is 0.479. The van der Waals surface area contributed by atoms with Gasteiger partial charge in [-0.05, 0) is 0 Å². The average molecular weight is 159 g/mol. The summed E-state index contributed by atoms with van der Waals surface area (Å²) in [6.07, 6.45) is -9.74. The van der Waals surface area contributed by atoms with Gasteiger partial charge in [-0.2, -0.15) is 13.2 Å². The Balaban J connectivity index is 3.73. The Morgan fingerprint density at radius 3 is 1.80 bits per heavy atom. The lowest BCUT2D eigenvalue weighted by molar-refractivity contribution is -0.210. The van der Waals surface area contributed by atoms with Crippen LogP contribution in [0.3, 0.4) is 0 Å². The van der Waals surface area contributed by atoms with E-state index in [0.29, 0.717) is 0 Å². The van der Waals surface area contributed by atoms with Gasteiger partial charge in [0.05, 0.1) is 0 Å². The molecule has 0 aromatic carbocycles. The van der Waals surface area contributed by atoms with Crippen molar-refractivity contribution in [2.45, 2.75) is 24.9 Å². The lowest BCUT2D eigenvalue weighted by atomic mass is 10.2. The largest absolute Gasteiger partial charge is 0.414 e. The number of aliphatic hydroxyl groups is 2. The minimum Gasteiger partial charge on any atom is -0.384 e. The lowest BCUT2D eigenvalue weighted by Crippen LogP contribution is -2.35. The van der Waals surface area contributed by atoms with Crippen LogP contribution in [0.2, 0.25) is 0 Å². The molecule has 0 aliphatic rings. The highest BCUT2D eigenvalue weighted by Gasteiger charge is 2.38. The molecule has 0 amide bonds. The van der Waals surface area contributed by atoms with E-state index in [1.165, 1.54) is 0 Å². The van der Waals surface area contributed by atoms with Gasteiger partial charge in [0.1, 0.15) is 6.23 Å². The topological polar surface area (TPSA) is 66.5 Å². The van der Waals surface area contributed by atoms with Crippen LogP contribution >= 0.6 is 0 Å². The van der Waals surface area contributed by atoms with Gasteiger partial charge in [0.25, 0.3) is 0 Å². The molecule has 2 unspecified atom stereocenters. The van der Waals surface area contributed by atoms with Crippen LogP contribution in [0.1, 0.15) is 6.42 Å². The summed E-state index contributed by atoms with van der Waals surface area (Å²) in [7, 11) is 0. The summed E-state index contributed by atoms with van der Waals surface area (Å²) in [6, 6.07) is 0. The maximum Gasteiger partial charge on any atom is 0.414 e. The Bertz CT molecular complexity index is 103. The number of aliphatic hydroxyl groups excluding tert-OH is 2. The molecule has 0 aromatic heterocycles. The summed E-state index contributed by atoms with van der Waals surface area (Å²) in [5, 5.41) is 16.4. The fourth-order valence-corrected chi connectivity index (χ4v) is 0.362. The Morgan fingerprint density at radius 1 is 1.30 bits per heavy atom. The molecule has 0 saturated carbocycles. The van der Waals surface area contributed by atoms with E-state index in [0.717, 1.165) is 0 Å². The van der Waals surface area contributed by atoms with Gasteiger partial charge in [0.15, 0.2) is 6.10 Å². The molecule has 0 bridgehead atoms. The molecular formula is C4H8F3NO2. The van der Waals surface area contributed by atoms with E-state index in [-0.39, 0.29) is 0 Å². The Hall–Kier alpha value is -0.330. The highest BCUT2D eigenvalue weighted by atomic mass is 19.4. The molecule has 6 heteroatoms. The van der Waals surface area contributed by atoms with Crippen LogP contribution in [0.15, 0.2) is 0 Å². The van der Waals surface area contributed by atoms with Crippen LogP contribution in [-0.2, 0) is 0 Å². The number of nitrogens with two attached hydrogens (primary N) is 1. The van der Waals surface area contributed by atoms with Gasteiger partial charge < -0.3 is 15.9 Å². The van der Waals surface area contributed by atoms with Crippen molar-refractivity contribution in [2.75, 3.05) is 0 Å². The first-order valence-corrected chi connectivity index (χ1v) is 2.52. The van der Waals surface area contributed by atoms with E-state index in [4.69, 9.17) is 10.2 Å². The maximum absolute atomic E-state index is 11.4. The number of hydrogen-bond donors (Lipinski definition) is 3. The van der Waals surface area contributed by atoms with Gasteiger partial charge in [-0.3, -0.25) is 0 Å². The third-order valence-corrected chi connectivity index (χ3v) is 0.843. The van der Waals surface area contributed by atoms with Gasteiger partial charge in [0.2, 0.25) is 0 Å². The number of rotatable bonds is 2. The predicted molar refractivity (Wildman–Crippen MR) is 26.9 cm³/mol. The molecule has 3 nitrogen and oxygen atoms in total. The summed E-state index contributed by atoms with van der Waals surface area (Å²) in [5.41, 5.74) is 4.59. The third kappa shape index (κ3) is 3.65. The number of alkyl halides is 3. The van der Waals surface area contributed by atoms with E-state index in [2.05, 4.69) is 5.73 Å². The molecule has 62 valence electrons. The second-order valence-electron chi connectivity index (χ2n) is 1.86. The molecule has 0 aliphatic heterocycles. The van der Waals surface area contributed by atoms with Crippen molar-refractivity contribution >= 4 is 0 Å². The highest BCUT2D eigenvalue weighted by Crippen LogP contribution is 2.22. The van der Waals surface area contributed by atoms with Crippen LogP contribution in [0.4, 0.5) is 13.2 Å². The van der Waals surface area contributed by atoms with Crippen LogP contribution < -0.4 is 5.73 Å². The summed E-state index contributed by atoms with van der Waals surface area (Å²) >= 11 is 0. The second kappa shape index (κ2) is 3.18. The Morgan fingerprint density at radius 2 is 1.70 bits per heavy atom. The SMILES string of the molecule is NC(O)CC(O)C(F)(F)F. The summed E-state index contributed by atoms with van der Waals surface area (Å²) in [6.45, 7) is 0. The van der Waals surface area contributed by atoms with Crippen LogP contribution in [-0.4, -0.2) is 28.7 Å². The molecule has 4 N–H and O–H groups in total. The van der Waals surface area contributed by atoms with Crippen molar-refractivity contribution in [3.8, 4) is 0 Å². The minimum atomic E-state index is -4.69. The molecular weight excluding hydrogens is 151 g/mol. The van der Waals surface area contributed by atoms with Gasteiger partial charge in [-0.15, -0.1) is 0 Å². The van der Waals surface area contributed by atoms with Crippen molar-refractivity contribution in [3.05, 3.63) is 0 Å². The van der Waals surface area contributed by atoms with E-state index < -0.39 is 24.9 Å². The Kier molecular flexibility index (Phi) is 3.07. The molecule has 0 heterocycles. The summed E-state index contributed by atoms with van der Waals surface area (Å²) in [5.74, 6) is 0. The second-order valence-corrected chi connectivity index (χ2v) is 1.86. The van der Waals surface area contributed by atoms with Crippen molar-refractivity contribution in [1.29, 1.82) is 0 Å². The van der Waals surface area contributed by atoms with Crippen molar-refractivity contribution < 1.29 is 23.4 Å². The first kappa shape index (κ1) is 9.67. The molecule has 0 fully saturated rings. The first-order chi connectivity index (χ1) is 4.34. The highest BCUT2D eigenvalue weighted by molar-refractivity contribution is 4.66. The van der Waals surface area contributed by atoms with Gasteiger partial charge in [-0.25, -0.2) is 0 Å². The zero-order valence-corrected chi connectivity index (χ0v) is 4.97. The zero-order valence-electron chi connectivity index (χ0n) is 4.97. The average Bonchev–Trinajstić information content (AvgIpc) is 1.60. The van der Waals surface area contributed by atoms with Crippen LogP contribution in [0.25, 0.3) is 0 Å². The van der Waals surface area contributed by atoms with Gasteiger partial charge in [0, 0.05) is 6.42 Å². The summed E-state index contributed by atoms with van der Waals surface area (Å²) in [4.78, 5) is 0. The zero-order chi connectivity index (χ0) is 8.36. The van der Waals surface area contributed by atoms with Crippen molar-refractivity contribution in [2.24, 2.45) is 5.73 Å². The molecule has 0 radical (unpaired) electrons. The molecule has 10 heavy (non-hydrogen) atoms. The normalized spacial score (nSPS) is 18.6. The standard InChI is InChI=1S/C4H8F3NO2/c5-4(6,7)2(9)1-3(8)10/h2-3,9-10H,1,8H2. The molecule has 0 aromatic rings. The van der Waals surface area contributed by atoms with Gasteiger partial charge in [-0.1, -0.05) is 0 Å². The van der Waals surface area contributed by atoms with Crippen molar-refractivity contribution in [3.63, 3.8) is 0 Å². The molecule has 0 rings (SSSR count). The Labute approximate surface area is 55.3 Å². The molecule has 0 spiro atoms. The molecule has 2 atom stereocenters. The predicted octanol–water partition coefficient (Wildman–Crippen LogP) is -0.423. The lowest BCUT2D eigenvalue weighted by Gasteiger charge is -2.15. The number of hydrogen-bond acceptors (Lipinski definition) is 3. The maximum atomic E-state index is 11.4. The van der Waals surface area contributed by atoms with E-state index in [1.54, 1.807) is 0 Å². The van der Waals surface area contributed by atoms with Crippen molar-refractivity contribution in [1.82, 2.24) is 0 Å². The minimum absolute atomic E-state index is 0.885. The van der Waals surface area contributed by atoms with E-state index in [9.17, 15) is 13.2 Å². The van der Waals surface area contributed by atoms with Crippen LogP contribution in [0, 0.1) is 0 Å².